The summed E-state index contributed by atoms with van der Waals surface area (Å²) in [5.41, 5.74) is 8.01. The van der Waals surface area contributed by atoms with Gasteiger partial charge >= 0.3 is 6.18 Å². The Morgan fingerprint density at radius 1 is 1.15 bits per heavy atom. The number of nitrogens with two attached hydrogens (primary N) is 1. The van der Waals surface area contributed by atoms with E-state index in [0.29, 0.717) is 28.3 Å². The largest absolute Gasteiger partial charge is 0.443 e. The van der Waals surface area contributed by atoms with E-state index < -0.39 is 35.2 Å². The number of alkyl halides is 3. The van der Waals surface area contributed by atoms with Gasteiger partial charge in [0, 0.05) is 24.3 Å². The molecular formula is C27H28F3N7O3S. The number of aliphatic imine (C=N–C) groups is 2. The Labute approximate surface area is 237 Å². The molecule has 0 radical (unpaired) electrons. The number of fused-ring (bicyclic) bond motifs is 1. The maximum Gasteiger partial charge on any atom is 0.443 e. The van der Waals surface area contributed by atoms with Crippen LogP contribution in [0.4, 0.5) is 23.9 Å². The molecule has 1 amide bonds. The van der Waals surface area contributed by atoms with Gasteiger partial charge in [0.2, 0.25) is 17.1 Å². The Morgan fingerprint density at radius 3 is 2.49 bits per heavy atom. The first-order valence-electron chi connectivity index (χ1n) is 12.6. The van der Waals surface area contributed by atoms with E-state index >= 15 is 0 Å². The van der Waals surface area contributed by atoms with E-state index in [-0.39, 0.29) is 16.7 Å². The Bertz CT molecular complexity index is 1450. The monoisotopic (exact) mass is 587 g/mol. The second kappa shape index (κ2) is 12.9. The Hall–Kier alpha value is -4.30. The highest BCUT2D eigenvalue weighted by Crippen LogP contribution is 2.38. The fourth-order valence-electron chi connectivity index (χ4n) is 4.41. The van der Waals surface area contributed by atoms with Crippen LogP contribution >= 0.6 is 11.3 Å². The van der Waals surface area contributed by atoms with E-state index in [0.717, 1.165) is 38.4 Å². The molecule has 0 bridgehead atoms. The molecule has 1 aliphatic heterocycles. The normalized spacial score (nSPS) is 17.4. The number of aromatic nitrogens is 1. The average molecular weight is 588 g/mol. The third-order valence-electron chi connectivity index (χ3n) is 6.20. The van der Waals surface area contributed by atoms with Gasteiger partial charge in [-0.2, -0.15) is 18.2 Å². The minimum absolute atomic E-state index is 0.0221. The number of rotatable bonds is 5. The molecule has 1 aliphatic carbocycles. The lowest BCUT2D eigenvalue weighted by molar-refractivity contribution is -0.137. The van der Waals surface area contributed by atoms with Crippen LogP contribution in [0.2, 0.25) is 0 Å². The molecule has 1 aromatic heterocycles. The van der Waals surface area contributed by atoms with E-state index in [1.165, 1.54) is 0 Å². The van der Waals surface area contributed by atoms with Crippen molar-refractivity contribution in [3.8, 4) is 0 Å². The van der Waals surface area contributed by atoms with Crippen molar-refractivity contribution < 1.29 is 27.8 Å². The molecule has 0 spiro atoms. The summed E-state index contributed by atoms with van der Waals surface area (Å²) in [6, 6.07) is 15.7. The van der Waals surface area contributed by atoms with Gasteiger partial charge in [0.05, 0.1) is 11.4 Å². The summed E-state index contributed by atoms with van der Waals surface area (Å²) in [5, 5.41) is 20.1. The molecule has 3 aromatic rings. The third kappa shape index (κ3) is 7.08. The highest BCUT2D eigenvalue weighted by Gasteiger charge is 2.37. The quantitative estimate of drug-likeness (QED) is 0.217. The van der Waals surface area contributed by atoms with Gasteiger partial charge in [-0.25, -0.2) is 9.98 Å². The van der Waals surface area contributed by atoms with E-state index in [9.17, 15) is 18.0 Å². The number of aliphatic hydroxyl groups excluding tert-OH is 1. The smallest absolute Gasteiger partial charge is 0.405 e. The molecule has 2 aliphatic rings. The van der Waals surface area contributed by atoms with Crippen molar-refractivity contribution in [2.24, 2.45) is 15.7 Å². The molecule has 6 N–H and O–H groups in total. The number of amides is 1. The molecule has 2 aromatic carbocycles. The van der Waals surface area contributed by atoms with Crippen molar-refractivity contribution in [2.45, 2.75) is 44.1 Å². The summed E-state index contributed by atoms with van der Waals surface area (Å²) in [4.78, 5) is 25.1. The fourth-order valence-corrected chi connectivity index (χ4v) is 5.31. The number of ether oxygens (including phenoxy) is 1. The van der Waals surface area contributed by atoms with E-state index in [4.69, 9.17) is 21.0 Å². The molecule has 14 heteroatoms. The number of anilines is 2. The number of hydrogen-bond donors (Lipinski definition) is 5. The van der Waals surface area contributed by atoms with Crippen LogP contribution < -0.4 is 16.4 Å². The number of benzene rings is 2. The highest BCUT2D eigenvalue weighted by molar-refractivity contribution is 7.16. The number of carbonyl (C=O) groups is 1. The Kier molecular flexibility index (Phi) is 9.35. The van der Waals surface area contributed by atoms with Crippen LogP contribution in [0.1, 0.15) is 47.5 Å². The van der Waals surface area contributed by atoms with Crippen LogP contribution in [0.25, 0.3) is 0 Å². The van der Waals surface area contributed by atoms with Crippen LogP contribution in [0, 0.1) is 5.41 Å². The summed E-state index contributed by atoms with van der Waals surface area (Å²) in [6.07, 6.45) is -2.54. The summed E-state index contributed by atoms with van der Waals surface area (Å²) < 4.78 is 45.5. The zero-order valence-corrected chi connectivity index (χ0v) is 22.7. The molecule has 1 saturated carbocycles. The molecule has 1 atom stereocenters. The lowest BCUT2D eigenvalue weighted by Crippen LogP contribution is -2.29. The first-order chi connectivity index (χ1) is 19.7. The van der Waals surface area contributed by atoms with Crippen molar-refractivity contribution in [2.75, 3.05) is 17.7 Å². The standard InChI is InChI=1S/C26H24F3N7O2S.CH4O/c27-26(28,29)24-35-19(23(39-24)32-15-10-4-5-11-15)20(30)38-25(31)36-21-22(37)33-17-13-7-6-12-16(17)18(34-21)14-8-2-1-3-9-14;1-2/h1-3,6-9,12-13,15,21,30,32H,4-5,10-11H2,(H2,31,36)(H,33,37);2H,1H3. The number of para-hydroxylation sites is 1. The van der Waals surface area contributed by atoms with Crippen molar-refractivity contribution in [1.29, 1.82) is 5.41 Å². The minimum atomic E-state index is -4.69. The maximum absolute atomic E-state index is 13.4. The van der Waals surface area contributed by atoms with Crippen LogP contribution in [0.5, 0.6) is 0 Å². The van der Waals surface area contributed by atoms with Gasteiger partial charge in [-0.05, 0) is 18.9 Å². The number of nitrogens with one attached hydrogen (secondary N) is 3. The van der Waals surface area contributed by atoms with Gasteiger partial charge in [-0.3, -0.25) is 10.2 Å². The second-order valence-electron chi connectivity index (χ2n) is 8.97. The van der Waals surface area contributed by atoms with E-state index in [2.05, 4.69) is 25.6 Å². The zero-order valence-electron chi connectivity index (χ0n) is 21.9. The number of thiazole rings is 1. The van der Waals surface area contributed by atoms with Crippen molar-refractivity contribution >= 4 is 45.6 Å². The SMILES string of the molecule is CO.N=C(O/C(N)=N/C1N=C(c2ccccc2)c2ccccc2NC1=O)c1nc(C(F)(F)F)sc1NC1CCCC1. The predicted molar refractivity (Wildman–Crippen MR) is 152 cm³/mol. The van der Waals surface area contributed by atoms with Gasteiger partial charge in [0.15, 0.2) is 5.69 Å². The molecule has 5 rings (SSSR count). The average Bonchev–Trinajstić information content (AvgIpc) is 3.61. The number of amidine groups is 1. The predicted octanol–water partition coefficient (Wildman–Crippen LogP) is 4.60. The zero-order chi connectivity index (χ0) is 29.6. The van der Waals surface area contributed by atoms with Gasteiger partial charge < -0.3 is 26.2 Å². The summed E-state index contributed by atoms with van der Waals surface area (Å²) in [6.45, 7) is 0. The summed E-state index contributed by atoms with van der Waals surface area (Å²) >= 11 is 0.404. The van der Waals surface area contributed by atoms with E-state index in [1.54, 1.807) is 12.1 Å². The number of benzodiazepines with no additional fused rings is 1. The van der Waals surface area contributed by atoms with Gasteiger partial charge in [-0.1, -0.05) is 72.7 Å². The number of aliphatic hydroxyl groups is 1. The van der Waals surface area contributed by atoms with Crippen LogP contribution in [0.3, 0.4) is 0 Å². The van der Waals surface area contributed by atoms with Crippen molar-refractivity contribution in [3.05, 3.63) is 76.4 Å². The summed E-state index contributed by atoms with van der Waals surface area (Å²) in [5.74, 6) is -1.32. The third-order valence-corrected chi connectivity index (χ3v) is 7.24. The molecule has 1 fully saturated rings. The van der Waals surface area contributed by atoms with Gasteiger partial charge in [0.25, 0.3) is 11.9 Å². The lowest BCUT2D eigenvalue weighted by Gasteiger charge is -2.13. The number of nitrogens with zero attached hydrogens (tertiary/aromatic N) is 3. The Morgan fingerprint density at radius 2 is 1.80 bits per heavy atom. The maximum atomic E-state index is 13.4. The molecule has 216 valence electrons. The second-order valence-corrected chi connectivity index (χ2v) is 9.97. The van der Waals surface area contributed by atoms with Crippen LogP contribution in [0.15, 0.2) is 64.6 Å². The molecule has 10 nitrogen and oxygen atoms in total. The molecular weight excluding hydrogens is 559 g/mol. The number of hydrogen-bond acceptors (Lipinski definition) is 9. The van der Waals surface area contributed by atoms with Crippen molar-refractivity contribution in [1.82, 2.24) is 4.98 Å². The number of halogens is 3. The minimum Gasteiger partial charge on any atom is -0.405 e. The van der Waals surface area contributed by atoms with Gasteiger partial charge in [-0.15, -0.1) is 0 Å². The first-order valence-corrected chi connectivity index (χ1v) is 13.4. The van der Waals surface area contributed by atoms with E-state index in [1.807, 2.05) is 42.5 Å². The summed E-state index contributed by atoms with van der Waals surface area (Å²) in [7, 11) is 1.00. The number of carbonyl (C=O) groups excluding carboxylic acids is 1. The Balaban J connectivity index is 0.00000189. The highest BCUT2D eigenvalue weighted by atomic mass is 32.1. The molecule has 41 heavy (non-hydrogen) atoms. The topological polar surface area (TPSA) is 158 Å². The molecule has 0 saturated heterocycles. The first kappa shape index (κ1) is 29.7. The molecule has 1 unspecified atom stereocenters. The fraction of sp³-hybridized carbons (Fsp3) is 0.296. The molecule has 2 heterocycles. The van der Waals surface area contributed by atoms with Gasteiger partial charge in [0.1, 0.15) is 5.00 Å². The van der Waals surface area contributed by atoms with Crippen LogP contribution in [-0.4, -0.2) is 52.9 Å². The lowest BCUT2D eigenvalue weighted by atomic mass is 10.0. The van der Waals surface area contributed by atoms with Crippen LogP contribution in [-0.2, 0) is 15.7 Å². The van der Waals surface area contributed by atoms with Crippen molar-refractivity contribution in [3.63, 3.8) is 0 Å².